The summed E-state index contributed by atoms with van der Waals surface area (Å²) in [5.74, 6) is 0. The summed E-state index contributed by atoms with van der Waals surface area (Å²) < 4.78 is 0. The number of hydrogen-bond acceptors (Lipinski definition) is 2. The Balaban J connectivity index is 1.31. The van der Waals surface area contributed by atoms with Gasteiger partial charge in [-0.2, -0.15) is 0 Å². The molecule has 0 unspecified atom stereocenters. The second kappa shape index (κ2) is 9.74. The minimum absolute atomic E-state index is 0.503. The molecule has 234 valence electrons. The topological polar surface area (TPSA) is 25.8 Å². The molecule has 1 spiro atoms. The van der Waals surface area contributed by atoms with Gasteiger partial charge in [0.2, 0.25) is 0 Å². The fraction of sp³-hybridized carbons (Fsp3) is 0.0204. The standard InChI is InChI=1S/C49H28N2/c1-4-18-36-31(13-1)32-14-2-6-20-38(32)46-44(36)40-28-39(43-26-25-30-24-23-29-12-11-27-50-47(29)48(30)51-43)33-15-3-5-19-37(33)45(40)49(46)41-21-9-7-16-34(41)35-17-8-10-22-42(35)49/h1-28H. The first-order valence-corrected chi connectivity index (χ1v) is 17.7. The molecule has 0 saturated carbocycles. The highest BCUT2D eigenvalue weighted by molar-refractivity contribution is 6.22. The van der Waals surface area contributed by atoms with E-state index in [2.05, 4.69) is 158 Å². The Morgan fingerprint density at radius 1 is 0.373 bits per heavy atom. The van der Waals surface area contributed by atoms with Gasteiger partial charge in [-0.15, -0.1) is 0 Å². The molecule has 8 aromatic carbocycles. The summed E-state index contributed by atoms with van der Waals surface area (Å²) in [7, 11) is 0. The van der Waals surface area contributed by atoms with Crippen LogP contribution in [0.5, 0.6) is 0 Å². The van der Waals surface area contributed by atoms with Crippen LogP contribution in [0.2, 0.25) is 0 Å². The molecule has 0 aliphatic heterocycles. The van der Waals surface area contributed by atoms with Crippen LogP contribution < -0.4 is 0 Å². The number of nitrogens with zero attached hydrogens (tertiary/aromatic N) is 2. The van der Waals surface area contributed by atoms with Crippen LogP contribution in [-0.4, -0.2) is 9.97 Å². The van der Waals surface area contributed by atoms with Gasteiger partial charge in [0.15, 0.2) is 0 Å². The lowest BCUT2D eigenvalue weighted by Gasteiger charge is -2.33. The maximum absolute atomic E-state index is 5.42. The Morgan fingerprint density at radius 2 is 0.922 bits per heavy atom. The molecule has 0 N–H and O–H groups in total. The average Bonchev–Trinajstić information content (AvgIpc) is 3.68. The van der Waals surface area contributed by atoms with Crippen LogP contribution in [0.3, 0.4) is 0 Å². The number of hydrogen-bond donors (Lipinski definition) is 0. The zero-order valence-electron chi connectivity index (χ0n) is 27.6. The van der Waals surface area contributed by atoms with Gasteiger partial charge in [-0.1, -0.05) is 146 Å². The minimum Gasteiger partial charge on any atom is -0.254 e. The van der Waals surface area contributed by atoms with Crippen molar-refractivity contribution in [1.29, 1.82) is 0 Å². The molecule has 10 aromatic rings. The zero-order chi connectivity index (χ0) is 33.3. The molecular weight excluding hydrogens is 617 g/mol. The summed E-state index contributed by atoms with van der Waals surface area (Å²) in [6, 6.07) is 60.5. The van der Waals surface area contributed by atoms with Crippen LogP contribution in [0.1, 0.15) is 22.3 Å². The van der Waals surface area contributed by atoms with Gasteiger partial charge in [0.25, 0.3) is 0 Å². The maximum Gasteiger partial charge on any atom is 0.0972 e. The second-order valence-electron chi connectivity index (χ2n) is 14.0. The third kappa shape index (κ3) is 3.32. The van der Waals surface area contributed by atoms with Crippen molar-refractivity contribution in [2.24, 2.45) is 0 Å². The van der Waals surface area contributed by atoms with Crippen LogP contribution >= 0.6 is 0 Å². The van der Waals surface area contributed by atoms with E-state index in [-0.39, 0.29) is 0 Å². The molecule has 12 rings (SSSR count). The van der Waals surface area contributed by atoms with E-state index in [9.17, 15) is 0 Å². The van der Waals surface area contributed by atoms with Crippen molar-refractivity contribution in [3.63, 3.8) is 0 Å². The van der Waals surface area contributed by atoms with E-state index in [4.69, 9.17) is 9.97 Å². The molecule has 2 nitrogen and oxygen atoms in total. The number of aromatic nitrogens is 2. The van der Waals surface area contributed by atoms with E-state index in [1.54, 1.807) is 0 Å². The maximum atomic E-state index is 5.42. The molecule has 0 radical (unpaired) electrons. The van der Waals surface area contributed by atoms with Gasteiger partial charge in [0.1, 0.15) is 0 Å². The van der Waals surface area contributed by atoms with E-state index >= 15 is 0 Å². The summed E-state index contributed by atoms with van der Waals surface area (Å²) in [5.41, 5.74) is 14.1. The molecule has 0 bridgehead atoms. The molecular formula is C49H28N2. The van der Waals surface area contributed by atoms with E-state index in [1.807, 2.05) is 12.3 Å². The zero-order valence-corrected chi connectivity index (χ0v) is 27.6. The molecule has 2 aromatic heterocycles. The molecule has 0 atom stereocenters. The third-order valence-corrected chi connectivity index (χ3v) is 11.7. The van der Waals surface area contributed by atoms with Gasteiger partial charge in [0.05, 0.1) is 22.1 Å². The highest BCUT2D eigenvalue weighted by Crippen LogP contribution is 2.67. The Morgan fingerprint density at radius 3 is 1.65 bits per heavy atom. The molecule has 2 aliphatic carbocycles. The quantitative estimate of drug-likeness (QED) is 0.166. The smallest absolute Gasteiger partial charge is 0.0972 e. The van der Waals surface area contributed by atoms with Crippen molar-refractivity contribution < 1.29 is 0 Å². The summed E-state index contributed by atoms with van der Waals surface area (Å²) >= 11 is 0. The monoisotopic (exact) mass is 644 g/mol. The van der Waals surface area contributed by atoms with Gasteiger partial charge in [-0.05, 0) is 95.0 Å². The van der Waals surface area contributed by atoms with Crippen molar-refractivity contribution >= 4 is 54.1 Å². The number of pyridine rings is 2. The van der Waals surface area contributed by atoms with Crippen LogP contribution in [-0.2, 0) is 5.41 Å². The van der Waals surface area contributed by atoms with Crippen molar-refractivity contribution in [3.8, 4) is 33.5 Å². The van der Waals surface area contributed by atoms with E-state index in [0.717, 1.165) is 33.1 Å². The summed E-state index contributed by atoms with van der Waals surface area (Å²) in [5, 5.41) is 9.83. The first-order chi connectivity index (χ1) is 25.3. The Bertz CT molecular complexity index is 3110. The van der Waals surface area contributed by atoms with Crippen LogP contribution in [0, 0.1) is 0 Å². The Kier molecular flexibility index (Phi) is 5.20. The number of fused-ring (bicyclic) bond motifs is 20. The van der Waals surface area contributed by atoms with Crippen LogP contribution in [0.25, 0.3) is 87.6 Å². The van der Waals surface area contributed by atoms with Gasteiger partial charge in [-0.25, -0.2) is 4.98 Å². The van der Waals surface area contributed by atoms with Crippen molar-refractivity contribution in [2.75, 3.05) is 0 Å². The van der Waals surface area contributed by atoms with Gasteiger partial charge < -0.3 is 0 Å². The summed E-state index contributed by atoms with van der Waals surface area (Å²) in [4.78, 5) is 10.2. The van der Waals surface area contributed by atoms with Crippen molar-refractivity contribution in [1.82, 2.24) is 9.97 Å². The van der Waals surface area contributed by atoms with Crippen LogP contribution in [0.4, 0.5) is 0 Å². The fourth-order valence-electron chi connectivity index (χ4n) is 9.77. The number of rotatable bonds is 1. The van der Waals surface area contributed by atoms with Gasteiger partial charge in [0, 0.05) is 22.5 Å². The minimum atomic E-state index is -0.503. The van der Waals surface area contributed by atoms with E-state index in [1.165, 1.54) is 76.8 Å². The normalized spacial score (nSPS) is 13.6. The third-order valence-electron chi connectivity index (χ3n) is 11.7. The lowest BCUT2D eigenvalue weighted by Crippen LogP contribution is -2.26. The molecule has 2 heterocycles. The predicted octanol–water partition coefficient (Wildman–Crippen LogP) is 12.3. The molecule has 51 heavy (non-hydrogen) atoms. The first kappa shape index (κ1) is 27.2. The Labute approximate surface area is 294 Å². The highest BCUT2D eigenvalue weighted by atomic mass is 14.8. The second-order valence-corrected chi connectivity index (χ2v) is 14.0. The Hall–Kier alpha value is -6.64. The predicted molar refractivity (Wildman–Crippen MR) is 211 cm³/mol. The fourth-order valence-corrected chi connectivity index (χ4v) is 9.77. The summed E-state index contributed by atoms with van der Waals surface area (Å²) in [6.45, 7) is 0. The molecule has 2 heteroatoms. The average molecular weight is 645 g/mol. The molecule has 2 aliphatic rings. The largest absolute Gasteiger partial charge is 0.254 e. The SMILES string of the molecule is c1ccc2c(c1)-c1ccccc1C21c2c(cc(-c3ccc4ccc5cccnc5c4n3)c3ccccc23)-c2c1c1ccccc1c1ccccc21. The van der Waals surface area contributed by atoms with E-state index < -0.39 is 5.41 Å². The van der Waals surface area contributed by atoms with Crippen LogP contribution in [0.15, 0.2) is 170 Å². The van der Waals surface area contributed by atoms with E-state index in [0.29, 0.717) is 0 Å². The summed E-state index contributed by atoms with van der Waals surface area (Å²) in [6.07, 6.45) is 1.87. The highest BCUT2D eigenvalue weighted by Gasteiger charge is 2.54. The molecule has 0 amide bonds. The molecule has 0 saturated heterocycles. The lowest BCUT2D eigenvalue weighted by molar-refractivity contribution is 0.809. The van der Waals surface area contributed by atoms with Crippen molar-refractivity contribution in [3.05, 3.63) is 192 Å². The first-order valence-electron chi connectivity index (χ1n) is 17.7. The van der Waals surface area contributed by atoms with Gasteiger partial charge in [-0.3, -0.25) is 4.98 Å². The van der Waals surface area contributed by atoms with Crippen molar-refractivity contribution in [2.45, 2.75) is 5.41 Å². The van der Waals surface area contributed by atoms with Gasteiger partial charge >= 0.3 is 0 Å². The molecule has 0 fully saturated rings. The lowest BCUT2D eigenvalue weighted by atomic mass is 9.68. The number of benzene rings is 8.